The number of nitrogen functional groups attached to an aromatic ring is 1. The molecule has 0 radical (unpaired) electrons. The molecule has 3 rings (SSSR count). The summed E-state index contributed by atoms with van der Waals surface area (Å²) in [4.78, 5) is 0. The van der Waals surface area contributed by atoms with Crippen molar-refractivity contribution in [2.45, 2.75) is 18.8 Å². The molecule has 1 saturated carbocycles. The zero-order chi connectivity index (χ0) is 11.1. The molecule has 1 fully saturated rings. The zero-order valence-corrected chi connectivity index (χ0v) is 8.73. The summed E-state index contributed by atoms with van der Waals surface area (Å²) in [6.45, 7) is 0. The summed E-state index contributed by atoms with van der Waals surface area (Å²) < 4.78 is 15.0. The molecule has 1 aliphatic carbocycles. The molecule has 0 aliphatic heterocycles. The molecule has 0 atom stereocenters. The van der Waals surface area contributed by atoms with Gasteiger partial charge in [-0.15, -0.1) is 0 Å². The third kappa shape index (κ3) is 1.38. The second kappa shape index (κ2) is 3.33. The summed E-state index contributed by atoms with van der Waals surface area (Å²) in [6.07, 6.45) is 4.07. The van der Waals surface area contributed by atoms with Gasteiger partial charge in [-0.05, 0) is 30.9 Å². The average Bonchev–Trinajstić information content (AvgIpc) is 3.05. The van der Waals surface area contributed by atoms with E-state index in [9.17, 15) is 4.39 Å². The number of halogens is 1. The first-order valence-corrected chi connectivity index (χ1v) is 5.35. The van der Waals surface area contributed by atoms with Crippen molar-refractivity contribution in [3.63, 3.8) is 0 Å². The second-order valence-corrected chi connectivity index (χ2v) is 4.12. The molecular weight excluding hydrogens is 205 g/mol. The maximum atomic E-state index is 13.6. The van der Waals surface area contributed by atoms with Crippen molar-refractivity contribution in [3.8, 4) is 5.69 Å². The lowest BCUT2D eigenvalue weighted by Crippen LogP contribution is -2.04. The number of para-hydroxylation sites is 1. The average molecular weight is 217 g/mol. The van der Waals surface area contributed by atoms with Gasteiger partial charge >= 0.3 is 0 Å². The lowest BCUT2D eigenvalue weighted by molar-refractivity contribution is 0.612. The number of aromatic nitrogens is 2. The Morgan fingerprint density at radius 3 is 2.75 bits per heavy atom. The van der Waals surface area contributed by atoms with Crippen LogP contribution in [0.2, 0.25) is 0 Å². The van der Waals surface area contributed by atoms with Gasteiger partial charge in [0.1, 0.15) is 17.3 Å². The van der Waals surface area contributed by atoms with Gasteiger partial charge in [0.2, 0.25) is 0 Å². The Kier molecular flexibility index (Phi) is 1.96. The van der Waals surface area contributed by atoms with Crippen LogP contribution in [0.4, 0.5) is 10.2 Å². The minimum Gasteiger partial charge on any atom is -0.383 e. The molecule has 1 heterocycles. The predicted octanol–water partition coefficient (Wildman–Crippen LogP) is 2.47. The highest BCUT2D eigenvalue weighted by atomic mass is 19.1. The number of rotatable bonds is 2. The molecule has 0 unspecified atom stereocenters. The van der Waals surface area contributed by atoms with Gasteiger partial charge in [0, 0.05) is 5.56 Å². The van der Waals surface area contributed by atoms with E-state index in [1.54, 1.807) is 24.4 Å². The topological polar surface area (TPSA) is 43.8 Å². The Labute approximate surface area is 92.7 Å². The third-order valence-corrected chi connectivity index (χ3v) is 2.93. The fourth-order valence-electron chi connectivity index (χ4n) is 1.89. The van der Waals surface area contributed by atoms with Gasteiger partial charge in [0.25, 0.3) is 0 Å². The zero-order valence-electron chi connectivity index (χ0n) is 8.73. The van der Waals surface area contributed by atoms with Crippen LogP contribution in [-0.4, -0.2) is 9.78 Å². The van der Waals surface area contributed by atoms with Gasteiger partial charge in [-0.25, -0.2) is 9.07 Å². The third-order valence-electron chi connectivity index (χ3n) is 2.93. The summed E-state index contributed by atoms with van der Waals surface area (Å²) in [5.41, 5.74) is 7.43. The van der Waals surface area contributed by atoms with E-state index in [0.29, 0.717) is 17.4 Å². The first-order chi connectivity index (χ1) is 7.77. The van der Waals surface area contributed by atoms with Crippen molar-refractivity contribution < 1.29 is 4.39 Å². The summed E-state index contributed by atoms with van der Waals surface area (Å²) in [7, 11) is 0. The SMILES string of the molecule is Nc1c(C2CC2)cnn1-c1ccccc1F. The van der Waals surface area contributed by atoms with Crippen molar-refractivity contribution in [1.82, 2.24) is 9.78 Å². The highest BCUT2D eigenvalue weighted by molar-refractivity contribution is 5.50. The van der Waals surface area contributed by atoms with Crippen molar-refractivity contribution in [1.29, 1.82) is 0 Å². The van der Waals surface area contributed by atoms with Crippen molar-refractivity contribution >= 4 is 5.82 Å². The number of hydrogen-bond donors (Lipinski definition) is 1. The quantitative estimate of drug-likeness (QED) is 0.839. The van der Waals surface area contributed by atoms with Gasteiger partial charge in [-0.3, -0.25) is 0 Å². The van der Waals surface area contributed by atoms with Crippen molar-refractivity contribution in [2.24, 2.45) is 0 Å². The molecule has 1 aromatic carbocycles. The van der Waals surface area contributed by atoms with Crippen LogP contribution in [0.25, 0.3) is 5.69 Å². The van der Waals surface area contributed by atoms with Crippen LogP contribution in [0.5, 0.6) is 0 Å². The number of hydrogen-bond acceptors (Lipinski definition) is 2. The van der Waals surface area contributed by atoms with Crippen LogP contribution in [0.1, 0.15) is 24.3 Å². The molecular formula is C12H12FN3. The second-order valence-electron chi connectivity index (χ2n) is 4.12. The molecule has 0 amide bonds. The Hall–Kier alpha value is -1.84. The number of anilines is 1. The minimum absolute atomic E-state index is 0.306. The van der Waals surface area contributed by atoms with Crippen LogP contribution in [0, 0.1) is 5.82 Å². The van der Waals surface area contributed by atoms with Gasteiger partial charge in [-0.1, -0.05) is 12.1 Å². The molecule has 4 heteroatoms. The van der Waals surface area contributed by atoms with Gasteiger partial charge < -0.3 is 5.73 Å². The van der Waals surface area contributed by atoms with Crippen LogP contribution in [-0.2, 0) is 0 Å². The molecule has 0 bridgehead atoms. The highest BCUT2D eigenvalue weighted by Crippen LogP contribution is 2.42. The summed E-state index contributed by atoms with van der Waals surface area (Å²) in [5.74, 6) is 0.785. The number of benzene rings is 1. The van der Waals surface area contributed by atoms with E-state index in [2.05, 4.69) is 5.10 Å². The van der Waals surface area contributed by atoms with Crippen molar-refractivity contribution in [3.05, 3.63) is 41.8 Å². The number of nitrogens with two attached hydrogens (primary N) is 1. The largest absolute Gasteiger partial charge is 0.383 e. The summed E-state index contributed by atoms with van der Waals surface area (Å²) >= 11 is 0. The van der Waals surface area contributed by atoms with Crippen LogP contribution < -0.4 is 5.73 Å². The lowest BCUT2D eigenvalue weighted by atomic mass is 10.2. The van der Waals surface area contributed by atoms with E-state index >= 15 is 0 Å². The van der Waals surface area contributed by atoms with E-state index in [-0.39, 0.29) is 5.82 Å². The smallest absolute Gasteiger partial charge is 0.148 e. The summed E-state index contributed by atoms with van der Waals surface area (Å²) in [5, 5.41) is 4.16. The molecule has 3 nitrogen and oxygen atoms in total. The first kappa shape index (κ1) is 9.39. The first-order valence-electron chi connectivity index (χ1n) is 5.35. The number of nitrogens with zero attached hydrogens (tertiary/aromatic N) is 2. The molecule has 2 N–H and O–H groups in total. The minimum atomic E-state index is -0.306. The fourth-order valence-corrected chi connectivity index (χ4v) is 1.89. The molecule has 82 valence electrons. The fraction of sp³-hybridized carbons (Fsp3) is 0.250. The van der Waals surface area contributed by atoms with E-state index < -0.39 is 0 Å². The monoisotopic (exact) mass is 217 g/mol. The Bertz CT molecular complexity index is 529. The van der Waals surface area contributed by atoms with Gasteiger partial charge in [0.15, 0.2) is 0 Å². The van der Waals surface area contributed by atoms with Crippen LogP contribution >= 0.6 is 0 Å². The molecule has 16 heavy (non-hydrogen) atoms. The van der Waals surface area contributed by atoms with E-state index in [1.807, 2.05) is 0 Å². The molecule has 1 aromatic heterocycles. The maximum Gasteiger partial charge on any atom is 0.148 e. The van der Waals surface area contributed by atoms with Crippen LogP contribution in [0.3, 0.4) is 0 Å². The van der Waals surface area contributed by atoms with E-state index in [4.69, 9.17) is 5.73 Å². The molecule has 1 aliphatic rings. The van der Waals surface area contributed by atoms with Gasteiger partial charge in [0.05, 0.1) is 6.20 Å². The molecule has 0 saturated heterocycles. The Morgan fingerprint density at radius 1 is 1.31 bits per heavy atom. The highest BCUT2D eigenvalue weighted by Gasteiger charge is 2.28. The Morgan fingerprint density at radius 2 is 2.06 bits per heavy atom. The predicted molar refractivity (Wildman–Crippen MR) is 59.9 cm³/mol. The van der Waals surface area contributed by atoms with Gasteiger partial charge in [-0.2, -0.15) is 5.10 Å². The van der Waals surface area contributed by atoms with Crippen LogP contribution in [0.15, 0.2) is 30.5 Å². The van der Waals surface area contributed by atoms with Crippen molar-refractivity contribution in [2.75, 3.05) is 5.73 Å². The maximum absolute atomic E-state index is 13.6. The molecule has 2 aromatic rings. The summed E-state index contributed by atoms with van der Waals surface area (Å²) in [6, 6.07) is 6.51. The Balaban J connectivity index is 2.10. The van der Waals surface area contributed by atoms with E-state index in [1.165, 1.54) is 10.7 Å². The standard InChI is InChI=1S/C12H12FN3/c13-10-3-1-2-4-11(10)16-12(14)9(7-15-16)8-5-6-8/h1-4,7-8H,5-6,14H2. The molecule has 0 spiro atoms. The lowest BCUT2D eigenvalue weighted by Gasteiger charge is -2.05. The normalized spacial score (nSPS) is 15.3. The van der Waals surface area contributed by atoms with E-state index in [0.717, 1.165) is 18.4 Å².